The van der Waals surface area contributed by atoms with Crippen LogP contribution < -0.4 is 5.73 Å². The zero-order valence-electron chi connectivity index (χ0n) is 7.37. The molecule has 0 fully saturated rings. The average molecular weight is 203 g/mol. The van der Waals surface area contributed by atoms with Crippen LogP contribution >= 0.6 is 0 Å². The first-order valence-electron chi connectivity index (χ1n) is 4.12. The van der Waals surface area contributed by atoms with Gasteiger partial charge >= 0.3 is 0 Å². The molecule has 0 saturated carbocycles. The molecule has 0 aliphatic heterocycles. The lowest BCUT2D eigenvalue weighted by Gasteiger charge is -2.12. The Labute approximate surface area is 79.8 Å². The van der Waals surface area contributed by atoms with Crippen molar-refractivity contribution in [2.24, 2.45) is 5.73 Å². The molecule has 5 heteroatoms. The van der Waals surface area contributed by atoms with Crippen molar-refractivity contribution in [1.82, 2.24) is 0 Å². The van der Waals surface area contributed by atoms with Crippen molar-refractivity contribution >= 4 is 0 Å². The van der Waals surface area contributed by atoms with Crippen LogP contribution in [0.4, 0.5) is 8.78 Å². The van der Waals surface area contributed by atoms with Gasteiger partial charge in [-0.05, 0) is 13.0 Å². The van der Waals surface area contributed by atoms with Gasteiger partial charge in [-0.1, -0.05) is 0 Å². The molecule has 0 aliphatic carbocycles. The molecule has 0 heterocycles. The summed E-state index contributed by atoms with van der Waals surface area (Å²) in [6.07, 6.45) is -1.10. The fourth-order valence-electron chi connectivity index (χ4n) is 1.20. The SMILES string of the molecule is NCCC(O)c1c(O)cc(F)cc1F. The molecular weight excluding hydrogens is 192 g/mol. The van der Waals surface area contributed by atoms with Crippen LogP contribution in [0.25, 0.3) is 0 Å². The van der Waals surface area contributed by atoms with Gasteiger partial charge in [0.2, 0.25) is 0 Å². The Balaban J connectivity index is 3.07. The van der Waals surface area contributed by atoms with Gasteiger partial charge in [-0.15, -0.1) is 0 Å². The summed E-state index contributed by atoms with van der Waals surface area (Å²) in [4.78, 5) is 0. The molecule has 3 nitrogen and oxygen atoms in total. The summed E-state index contributed by atoms with van der Waals surface area (Å²) in [6, 6.07) is 1.35. The molecule has 1 atom stereocenters. The number of halogens is 2. The monoisotopic (exact) mass is 203 g/mol. The molecular formula is C9H11F2NO2. The molecule has 78 valence electrons. The number of phenolic OH excluding ortho intramolecular Hbond substituents is 1. The van der Waals surface area contributed by atoms with Crippen molar-refractivity contribution in [2.45, 2.75) is 12.5 Å². The molecule has 0 radical (unpaired) electrons. The predicted octanol–water partition coefficient (Wildman–Crippen LogP) is 1.05. The van der Waals surface area contributed by atoms with Crippen LogP contribution in [0, 0.1) is 11.6 Å². The van der Waals surface area contributed by atoms with E-state index in [0.29, 0.717) is 6.07 Å². The van der Waals surface area contributed by atoms with Gasteiger partial charge in [0.05, 0.1) is 11.7 Å². The van der Waals surface area contributed by atoms with Crippen molar-refractivity contribution in [3.63, 3.8) is 0 Å². The van der Waals surface area contributed by atoms with Crippen LogP contribution in [0.15, 0.2) is 12.1 Å². The first-order chi connectivity index (χ1) is 6.56. The lowest BCUT2D eigenvalue weighted by atomic mass is 10.0. The maximum absolute atomic E-state index is 13.1. The Morgan fingerprint density at radius 1 is 1.36 bits per heavy atom. The zero-order valence-corrected chi connectivity index (χ0v) is 7.37. The summed E-state index contributed by atoms with van der Waals surface area (Å²) in [5, 5.41) is 18.6. The molecule has 4 N–H and O–H groups in total. The van der Waals surface area contributed by atoms with E-state index in [9.17, 15) is 19.0 Å². The molecule has 0 bridgehead atoms. The molecule has 0 aromatic heterocycles. The number of hydrogen-bond acceptors (Lipinski definition) is 3. The number of aliphatic hydroxyl groups excluding tert-OH is 1. The minimum Gasteiger partial charge on any atom is -0.507 e. The Hall–Kier alpha value is -1.20. The van der Waals surface area contributed by atoms with Gasteiger partial charge < -0.3 is 15.9 Å². The summed E-state index contributed by atoms with van der Waals surface area (Å²) >= 11 is 0. The fourth-order valence-corrected chi connectivity index (χ4v) is 1.20. The third-order valence-electron chi connectivity index (χ3n) is 1.85. The van der Waals surface area contributed by atoms with Crippen LogP contribution in [-0.4, -0.2) is 16.8 Å². The van der Waals surface area contributed by atoms with Gasteiger partial charge in [0.1, 0.15) is 17.4 Å². The Morgan fingerprint density at radius 2 is 2.00 bits per heavy atom. The lowest BCUT2D eigenvalue weighted by molar-refractivity contribution is 0.161. The van der Waals surface area contributed by atoms with Crippen LogP contribution in [0.5, 0.6) is 5.75 Å². The maximum atomic E-state index is 13.1. The Kier molecular flexibility index (Phi) is 3.38. The Bertz CT molecular complexity index is 308. The number of aromatic hydroxyl groups is 1. The summed E-state index contributed by atoms with van der Waals surface area (Å²) in [5.74, 6) is -2.45. The first-order valence-corrected chi connectivity index (χ1v) is 4.12. The smallest absolute Gasteiger partial charge is 0.135 e. The fraction of sp³-hybridized carbons (Fsp3) is 0.333. The van der Waals surface area contributed by atoms with Crippen LogP contribution in [-0.2, 0) is 0 Å². The van der Waals surface area contributed by atoms with E-state index in [1.54, 1.807) is 0 Å². The second-order valence-corrected chi connectivity index (χ2v) is 2.91. The molecule has 1 aromatic rings. The minimum absolute atomic E-state index is 0.107. The number of nitrogens with two attached hydrogens (primary N) is 1. The summed E-state index contributed by atoms with van der Waals surface area (Å²) < 4.78 is 25.6. The first kappa shape index (κ1) is 10.9. The van der Waals surface area contributed by atoms with E-state index in [2.05, 4.69) is 0 Å². The standard InChI is InChI=1S/C9H11F2NO2/c10-5-3-6(11)9(8(14)4-5)7(13)1-2-12/h3-4,7,13-14H,1-2,12H2. The van der Waals surface area contributed by atoms with Gasteiger partial charge in [0, 0.05) is 12.1 Å². The molecule has 0 saturated heterocycles. The average Bonchev–Trinajstić information content (AvgIpc) is 2.01. The van der Waals surface area contributed by atoms with Gasteiger partial charge in [-0.25, -0.2) is 8.78 Å². The van der Waals surface area contributed by atoms with Crippen LogP contribution in [0.3, 0.4) is 0 Å². The van der Waals surface area contributed by atoms with Crippen molar-refractivity contribution in [3.05, 3.63) is 29.3 Å². The van der Waals surface area contributed by atoms with Gasteiger partial charge in [0.25, 0.3) is 0 Å². The van der Waals surface area contributed by atoms with Gasteiger partial charge in [-0.2, -0.15) is 0 Å². The molecule has 1 unspecified atom stereocenters. The summed E-state index contributed by atoms with van der Waals surface area (Å²) in [6.45, 7) is 0.150. The number of benzene rings is 1. The number of aliphatic hydroxyl groups is 1. The molecule has 0 spiro atoms. The van der Waals surface area contributed by atoms with Crippen molar-refractivity contribution < 1.29 is 19.0 Å². The highest BCUT2D eigenvalue weighted by Crippen LogP contribution is 2.29. The van der Waals surface area contributed by atoms with E-state index >= 15 is 0 Å². The highest BCUT2D eigenvalue weighted by molar-refractivity contribution is 5.35. The van der Waals surface area contributed by atoms with Crippen molar-refractivity contribution in [3.8, 4) is 5.75 Å². The maximum Gasteiger partial charge on any atom is 0.135 e. The number of phenols is 1. The highest BCUT2D eigenvalue weighted by atomic mass is 19.1. The summed E-state index contributed by atoms with van der Waals surface area (Å²) in [5.41, 5.74) is 4.85. The largest absolute Gasteiger partial charge is 0.507 e. The van der Waals surface area contributed by atoms with E-state index in [1.807, 2.05) is 0 Å². The highest BCUT2D eigenvalue weighted by Gasteiger charge is 2.17. The molecule has 0 aliphatic rings. The van der Waals surface area contributed by atoms with E-state index in [-0.39, 0.29) is 18.5 Å². The van der Waals surface area contributed by atoms with E-state index in [1.165, 1.54) is 0 Å². The zero-order chi connectivity index (χ0) is 10.7. The van der Waals surface area contributed by atoms with E-state index in [4.69, 9.17) is 5.73 Å². The van der Waals surface area contributed by atoms with Crippen molar-refractivity contribution in [2.75, 3.05) is 6.54 Å². The van der Waals surface area contributed by atoms with E-state index < -0.39 is 23.5 Å². The molecule has 1 aromatic carbocycles. The minimum atomic E-state index is -1.21. The summed E-state index contributed by atoms with van der Waals surface area (Å²) in [7, 11) is 0. The number of rotatable bonds is 3. The van der Waals surface area contributed by atoms with Crippen molar-refractivity contribution in [1.29, 1.82) is 0 Å². The van der Waals surface area contributed by atoms with Crippen LogP contribution in [0.1, 0.15) is 18.1 Å². The number of hydrogen-bond donors (Lipinski definition) is 3. The molecule has 14 heavy (non-hydrogen) atoms. The van der Waals surface area contributed by atoms with Gasteiger partial charge in [-0.3, -0.25) is 0 Å². The lowest BCUT2D eigenvalue weighted by Crippen LogP contribution is -2.08. The second kappa shape index (κ2) is 4.34. The third-order valence-corrected chi connectivity index (χ3v) is 1.85. The normalized spacial score (nSPS) is 12.9. The predicted molar refractivity (Wildman–Crippen MR) is 46.7 cm³/mol. The van der Waals surface area contributed by atoms with E-state index in [0.717, 1.165) is 6.07 Å². The third kappa shape index (κ3) is 2.18. The molecule has 1 rings (SSSR count). The second-order valence-electron chi connectivity index (χ2n) is 2.91. The Morgan fingerprint density at radius 3 is 2.50 bits per heavy atom. The topological polar surface area (TPSA) is 66.5 Å². The molecule has 0 amide bonds. The van der Waals surface area contributed by atoms with Gasteiger partial charge in [0.15, 0.2) is 0 Å². The quantitative estimate of drug-likeness (QED) is 0.688. The van der Waals surface area contributed by atoms with Crippen LogP contribution in [0.2, 0.25) is 0 Å².